The smallest absolute Gasteiger partial charge is 0.135 e. The zero-order valence-electron chi connectivity index (χ0n) is 25.6. The number of fused-ring (bicyclic) bond motifs is 8. The molecule has 1 heteroatoms. The van der Waals surface area contributed by atoms with Crippen molar-refractivity contribution in [3.63, 3.8) is 0 Å². The van der Waals surface area contributed by atoms with Crippen molar-refractivity contribution in [3.05, 3.63) is 170 Å². The molecule has 0 saturated heterocycles. The van der Waals surface area contributed by atoms with Crippen LogP contribution in [0, 0.1) is 0 Å². The van der Waals surface area contributed by atoms with Crippen LogP contribution in [0.1, 0.15) is 0 Å². The molecule has 0 unspecified atom stereocenters. The number of hydrogen-bond acceptors (Lipinski definition) is 1. The molecular formula is C46H28O. The summed E-state index contributed by atoms with van der Waals surface area (Å²) in [6.45, 7) is 0. The van der Waals surface area contributed by atoms with Gasteiger partial charge in [-0.1, -0.05) is 121 Å². The zero-order valence-corrected chi connectivity index (χ0v) is 25.6. The van der Waals surface area contributed by atoms with E-state index in [4.69, 9.17) is 4.42 Å². The summed E-state index contributed by atoms with van der Waals surface area (Å²) in [5, 5.41) is 12.4. The fourth-order valence-corrected chi connectivity index (χ4v) is 7.39. The highest BCUT2D eigenvalue weighted by Crippen LogP contribution is 2.38. The summed E-state index contributed by atoms with van der Waals surface area (Å²) < 4.78 is 6.29. The van der Waals surface area contributed by atoms with Gasteiger partial charge in [-0.25, -0.2) is 0 Å². The predicted octanol–water partition coefficient (Wildman–Crippen LogP) is 13.2. The van der Waals surface area contributed by atoms with E-state index in [1.54, 1.807) is 0 Å². The zero-order chi connectivity index (χ0) is 30.9. The molecule has 1 heterocycles. The third-order valence-electron chi connectivity index (χ3n) is 9.80. The molecule has 9 aromatic carbocycles. The van der Waals surface area contributed by atoms with E-state index in [9.17, 15) is 0 Å². The Labute approximate surface area is 271 Å². The molecule has 0 spiro atoms. The molecule has 1 nitrogen and oxygen atoms in total. The maximum Gasteiger partial charge on any atom is 0.135 e. The van der Waals surface area contributed by atoms with E-state index < -0.39 is 0 Å². The monoisotopic (exact) mass is 596 g/mol. The number of furan rings is 1. The molecule has 0 fully saturated rings. The molecular weight excluding hydrogens is 569 g/mol. The molecule has 0 aliphatic heterocycles. The van der Waals surface area contributed by atoms with Gasteiger partial charge in [-0.15, -0.1) is 0 Å². The summed E-state index contributed by atoms with van der Waals surface area (Å²) in [6.07, 6.45) is 0. The van der Waals surface area contributed by atoms with Crippen LogP contribution in [0.4, 0.5) is 0 Å². The van der Waals surface area contributed by atoms with Crippen LogP contribution in [0.5, 0.6) is 0 Å². The maximum absolute atomic E-state index is 6.29. The maximum atomic E-state index is 6.29. The average Bonchev–Trinajstić information content (AvgIpc) is 3.51. The first-order valence-electron chi connectivity index (χ1n) is 16.2. The first-order chi connectivity index (χ1) is 23.2. The lowest BCUT2D eigenvalue weighted by atomic mass is 9.92. The van der Waals surface area contributed by atoms with E-state index in [0.29, 0.717) is 0 Å². The second kappa shape index (κ2) is 10.2. The fourth-order valence-electron chi connectivity index (χ4n) is 7.39. The number of benzene rings is 9. The summed E-state index contributed by atoms with van der Waals surface area (Å²) in [5.74, 6) is 0. The lowest BCUT2D eigenvalue weighted by Crippen LogP contribution is -1.85. The van der Waals surface area contributed by atoms with Crippen LogP contribution in [0.2, 0.25) is 0 Å². The van der Waals surface area contributed by atoms with Gasteiger partial charge in [0.15, 0.2) is 0 Å². The van der Waals surface area contributed by atoms with Gasteiger partial charge in [-0.05, 0) is 125 Å². The first-order valence-corrected chi connectivity index (χ1v) is 16.2. The van der Waals surface area contributed by atoms with E-state index in [1.165, 1.54) is 76.5 Å². The van der Waals surface area contributed by atoms with Gasteiger partial charge < -0.3 is 4.42 Å². The minimum Gasteiger partial charge on any atom is -0.456 e. The van der Waals surface area contributed by atoms with E-state index >= 15 is 0 Å². The Hall–Kier alpha value is -6.18. The van der Waals surface area contributed by atoms with Crippen molar-refractivity contribution in [2.24, 2.45) is 0 Å². The summed E-state index contributed by atoms with van der Waals surface area (Å²) in [5.41, 5.74) is 9.11. The van der Waals surface area contributed by atoms with Crippen molar-refractivity contribution >= 4 is 65.0 Å². The van der Waals surface area contributed by atoms with E-state index in [2.05, 4.69) is 170 Å². The Bertz CT molecular complexity index is 2850. The van der Waals surface area contributed by atoms with Gasteiger partial charge in [0.1, 0.15) is 11.2 Å². The second-order valence-corrected chi connectivity index (χ2v) is 12.6. The number of rotatable bonds is 3. The first kappa shape index (κ1) is 26.1. The van der Waals surface area contributed by atoms with Gasteiger partial charge in [-0.3, -0.25) is 0 Å². The Morgan fingerprint density at radius 2 is 0.702 bits per heavy atom. The van der Waals surface area contributed by atoms with Crippen LogP contribution in [0.3, 0.4) is 0 Å². The van der Waals surface area contributed by atoms with Crippen LogP contribution in [-0.4, -0.2) is 0 Å². The molecule has 218 valence electrons. The topological polar surface area (TPSA) is 13.1 Å². The molecule has 0 atom stereocenters. The fraction of sp³-hybridized carbons (Fsp3) is 0. The van der Waals surface area contributed by atoms with Gasteiger partial charge in [0.25, 0.3) is 0 Å². The quantitative estimate of drug-likeness (QED) is 0.185. The molecule has 0 aliphatic carbocycles. The van der Waals surface area contributed by atoms with Gasteiger partial charge >= 0.3 is 0 Å². The third-order valence-corrected chi connectivity index (χ3v) is 9.80. The van der Waals surface area contributed by atoms with Crippen molar-refractivity contribution in [2.45, 2.75) is 0 Å². The Morgan fingerprint density at radius 3 is 1.38 bits per heavy atom. The molecule has 10 aromatic rings. The van der Waals surface area contributed by atoms with Crippen LogP contribution >= 0.6 is 0 Å². The van der Waals surface area contributed by atoms with Crippen molar-refractivity contribution in [2.75, 3.05) is 0 Å². The lowest BCUT2D eigenvalue weighted by Gasteiger charge is -2.12. The molecule has 0 aliphatic rings. The van der Waals surface area contributed by atoms with E-state index in [1.807, 2.05) is 0 Å². The summed E-state index contributed by atoms with van der Waals surface area (Å²) in [4.78, 5) is 0. The van der Waals surface area contributed by atoms with E-state index in [0.717, 1.165) is 21.9 Å². The third kappa shape index (κ3) is 4.25. The van der Waals surface area contributed by atoms with Crippen LogP contribution in [-0.2, 0) is 0 Å². The Balaban J connectivity index is 1.05. The largest absolute Gasteiger partial charge is 0.456 e. The molecule has 0 amide bonds. The highest BCUT2D eigenvalue weighted by Gasteiger charge is 2.13. The van der Waals surface area contributed by atoms with Gasteiger partial charge in [0.2, 0.25) is 0 Å². The molecule has 47 heavy (non-hydrogen) atoms. The molecule has 0 bridgehead atoms. The number of hydrogen-bond donors (Lipinski definition) is 0. The molecule has 0 saturated carbocycles. The normalized spacial score (nSPS) is 11.8. The molecule has 10 rings (SSSR count). The van der Waals surface area contributed by atoms with Crippen molar-refractivity contribution < 1.29 is 4.42 Å². The van der Waals surface area contributed by atoms with Crippen molar-refractivity contribution in [1.82, 2.24) is 0 Å². The summed E-state index contributed by atoms with van der Waals surface area (Å²) in [7, 11) is 0. The molecule has 1 aromatic heterocycles. The Morgan fingerprint density at radius 1 is 0.255 bits per heavy atom. The predicted molar refractivity (Wildman–Crippen MR) is 200 cm³/mol. The summed E-state index contributed by atoms with van der Waals surface area (Å²) >= 11 is 0. The minimum atomic E-state index is 0.910. The van der Waals surface area contributed by atoms with Crippen LogP contribution in [0.15, 0.2) is 174 Å². The van der Waals surface area contributed by atoms with Crippen molar-refractivity contribution in [1.29, 1.82) is 0 Å². The SMILES string of the molecule is c1ccc2cc(-c3ccc4oc5ccc(-c6ccc7cc(-c8cc9ccccc9c9ccccc89)ccc7c6)cc5c4c3)ccc2c1. The highest BCUT2D eigenvalue weighted by atomic mass is 16.3. The minimum absolute atomic E-state index is 0.910. The highest BCUT2D eigenvalue weighted by molar-refractivity contribution is 6.14. The Kier molecular flexibility index (Phi) is 5.64. The van der Waals surface area contributed by atoms with E-state index in [-0.39, 0.29) is 0 Å². The van der Waals surface area contributed by atoms with Gasteiger partial charge in [-0.2, -0.15) is 0 Å². The van der Waals surface area contributed by atoms with Crippen molar-refractivity contribution in [3.8, 4) is 33.4 Å². The molecule has 0 N–H and O–H groups in total. The average molecular weight is 597 g/mol. The van der Waals surface area contributed by atoms with Crippen LogP contribution in [0.25, 0.3) is 98.4 Å². The lowest BCUT2D eigenvalue weighted by molar-refractivity contribution is 0.669. The summed E-state index contributed by atoms with van der Waals surface area (Å²) in [6, 6.07) is 61.7. The van der Waals surface area contributed by atoms with Crippen LogP contribution < -0.4 is 0 Å². The molecule has 0 radical (unpaired) electrons. The second-order valence-electron chi connectivity index (χ2n) is 12.6. The standard InChI is InChI=1S/C46H28O/c1-2-8-30-23-32(14-13-29(30)7-1)35-19-21-45-43(26-35)44-27-36(20-22-46(44)47-45)33-15-16-34-25-38(18-17-31(34)24-33)42-28-37-9-3-4-10-39(37)40-11-5-6-12-41(40)42/h1-28H. The van der Waals surface area contributed by atoms with Gasteiger partial charge in [0.05, 0.1) is 0 Å². The van der Waals surface area contributed by atoms with Gasteiger partial charge in [0, 0.05) is 10.8 Å².